The van der Waals surface area contributed by atoms with Crippen LogP contribution in [0.3, 0.4) is 0 Å². The van der Waals surface area contributed by atoms with Crippen molar-refractivity contribution in [3.63, 3.8) is 0 Å². The summed E-state index contributed by atoms with van der Waals surface area (Å²) in [6, 6.07) is -1.00. The van der Waals surface area contributed by atoms with E-state index in [9.17, 15) is 9.90 Å². The van der Waals surface area contributed by atoms with E-state index in [0.29, 0.717) is 0 Å². The van der Waals surface area contributed by atoms with Crippen LogP contribution in [0.25, 0.3) is 10.4 Å². The molecule has 0 saturated carbocycles. The molecule has 1 unspecified atom stereocenters. The minimum atomic E-state index is -1.76. The van der Waals surface area contributed by atoms with E-state index in [2.05, 4.69) is 15.3 Å². The Labute approximate surface area is 181 Å². The topological polar surface area (TPSA) is 163 Å². The Morgan fingerprint density at radius 2 is 1.84 bits per heavy atom. The summed E-state index contributed by atoms with van der Waals surface area (Å²) < 4.78 is 37.7. The highest BCUT2D eigenvalue weighted by atomic mass is 16.8. The summed E-state index contributed by atoms with van der Waals surface area (Å²) in [5, 5.41) is 18.1. The number of methoxy groups -OCH3 is 3. The van der Waals surface area contributed by atoms with Gasteiger partial charge in [-0.15, -0.1) is 0 Å². The van der Waals surface area contributed by atoms with Gasteiger partial charge in [0.25, 0.3) is 0 Å². The molecule has 0 spiro atoms. The fourth-order valence-corrected chi connectivity index (χ4v) is 3.22. The zero-order valence-corrected chi connectivity index (χ0v) is 18.9. The van der Waals surface area contributed by atoms with E-state index in [-0.39, 0.29) is 33.3 Å². The SMILES string of the molecule is COCOC1O[C@H](CN=[N+]=[N-])[C@@H](OCOC)[C@@](O)(COC)[C@H]1NCC(=O)OC(C)(C)C. The first kappa shape index (κ1) is 27.5. The van der Waals surface area contributed by atoms with Gasteiger partial charge >= 0.3 is 5.97 Å². The second kappa shape index (κ2) is 13.1. The van der Waals surface area contributed by atoms with E-state index in [0.717, 1.165) is 0 Å². The normalized spacial score (nSPS) is 28.7. The van der Waals surface area contributed by atoms with Crippen molar-refractivity contribution in [3.05, 3.63) is 10.4 Å². The van der Waals surface area contributed by atoms with Crippen molar-refractivity contribution in [2.45, 2.75) is 56.5 Å². The van der Waals surface area contributed by atoms with Crippen LogP contribution in [0.15, 0.2) is 5.11 Å². The first-order valence-electron chi connectivity index (χ1n) is 9.66. The molecule has 31 heavy (non-hydrogen) atoms. The zero-order chi connectivity index (χ0) is 23.5. The van der Waals surface area contributed by atoms with Gasteiger partial charge in [0.15, 0.2) is 6.29 Å². The molecule has 13 nitrogen and oxygen atoms in total. The summed E-state index contributed by atoms with van der Waals surface area (Å²) in [4.78, 5) is 15.0. The van der Waals surface area contributed by atoms with Crippen LogP contribution in [0, 0.1) is 0 Å². The minimum Gasteiger partial charge on any atom is -0.459 e. The van der Waals surface area contributed by atoms with Crippen LogP contribution in [0.1, 0.15) is 20.8 Å². The van der Waals surface area contributed by atoms with E-state index in [4.69, 9.17) is 38.7 Å². The molecule has 1 aliphatic heterocycles. The Morgan fingerprint density at radius 3 is 2.39 bits per heavy atom. The first-order valence-corrected chi connectivity index (χ1v) is 9.66. The Hall–Kier alpha value is -1.54. The molecule has 1 fully saturated rings. The third kappa shape index (κ3) is 8.48. The molecule has 1 aliphatic rings. The highest BCUT2D eigenvalue weighted by Gasteiger charge is 2.57. The van der Waals surface area contributed by atoms with Crippen molar-refractivity contribution in [1.82, 2.24) is 5.32 Å². The fourth-order valence-electron chi connectivity index (χ4n) is 3.22. The zero-order valence-electron chi connectivity index (χ0n) is 18.9. The first-order chi connectivity index (χ1) is 14.6. The number of esters is 1. The lowest BCUT2D eigenvalue weighted by Crippen LogP contribution is -2.74. The van der Waals surface area contributed by atoms with Gasteiger partial charge in [-0.25, -0.2) is 0 Å². The smallest absolute Gasteiger partial charge is 0.320 e. The van der Waals surface area contributed by atoms with Crippen LogP contribution in [0.4, 0.5) is 0 Å². The van der Waals surface area contributed by atoms with Crippen LogP contribution in [-0.2, 0) is 38.0 Å². The van der Waals surface area contributed by atoms with Crippen LogP contribution in [-0.4, -0.2) is 101 Å². The summed E-state index contributed by atoms with van der Waals surface area (Å²) in [5.74, 6) is -0.539. The van der Waals surface area contributed by atoms with E-state index in [1.165, 1.54) is 21.3 Å². The number of rotatable bonds is 13. The van der Waals surface area contributed by atoms with Crippen molar-refractivity contribution < 1.29 is 43.1 Å². The fraction of sp³-hybridized carbons (Fsp3) is 0.944. The van der Waals surface area contributed by atoms with Crippen molar-refractivity contribution in [2.75, 3.05) is 54.6 Å². The second-order valence-electron chi connectivity index (χ2n) is 7.89. The lowest BCUT2D eigenvalue weighted by atomic mass is 9.82. The van der Waals surface area contributed by atoms with Gasteiger partial charge in [0.1, 0.15) is 30.9 Å². The predicted molar refractivity (Wildman–Crippen MR) is 107 cm³/mol. The molecule has 1 saturated heterocycles. The predicted octanol–water partition coefficient (Wildman–Crippen LogP) is 0.309. The number of nitrogens with zero attached hydrogens (tertiary/aromatic N) is 3. The molecule has 5 atom stereocenters. The van der Waals surface area contributed by atoms with E-state index < -0.39 is 41.7 Å². The van der Waals surface area contributed by atoms with Gasteiger partial charge in [0.2, 0.25) is 0 Å². The third-order valence-corrected chi connectivity index (χ3v) is 4.25. The summed E-state index contributed by atoms with van der Waals surface area (Å²) in [5.41, 5.74) is 6.28. The standard InChI is InChI=1S/C18H34N4O9/c1-17(2,3)31-13(23)8-20-14-16(29-11-27-6)30-12(7-21-22-19)15(28-10-26-5)18(14,24)9-25-4/h12,14-16,20,24H,7-11H2,1-6H3/t12-,14+,15-,16?,18-/m1/s1. The van der Waals surface area contributed by atoms with Crippen LogP contribution < -0.4 is 5.32 Å². The summed E-state index contributed by atoms with van der Waals surface area (Å²) >= 11 is 0. The lowest BCUT2D eigenvalue weighted by Gasteiger charge is -2.51. The van der Waals surface area contributed by atoms with Gasteiger partial charge in [0, 0.05) is 26.2 Å². The molecule has 1 rings (SSSR count). The Kier molecular flexibility index (Phi) is 11.6. The minimum absolute atomic E-state index is 0.150. The molecule has 0 aliphatic carbocycles. The van der Waals surface area contributed by atoms with Gasteiger partial charge in [-0.2, -0.15) is 0 Å². The number of ether oxygens (including phenoxy) is 7. The molecule has 0 bridgehead atoms. The van der Waals surface area contributed by atoms with Gasteiger partial charge < -0.3 is 38.3 Å². The van der Waals surface area contributed by atoms with E-state index in [1.807, 2.05) is 0 Å². The molecule has 0 amide bonds. The molecule has 2 N–H and O–H groups in total. The summed E-state index contributed by atoms with van der Waals surface area (Å²) in [7, 11) is 4.25. The monoisotopic (exact) mass is 450 g/mol. The van der Waals surface area contributed by atoms with E-state index in [1.54, 1.807) is 20.8 Å². The van der Waals surface area contributed by atoms with Crippen molar-refractivity contribution in [3.8, 4) is 0 Å². The summed E-state index contributed by atoms with van der Waals surface area (Å²) in [6.45, 7) is 4.30. The number of carbonyl (C=O) groups is 1. The van der Waals surface area contributed by atoms with Crippen molar-refractivity contribution in [2.24, 2.45) is 5.11 Å². The molecule has 13 heteroatoms. The maximum Gasteiger partial charge on any atom is 0.320 e. The number of hydrogen-bond donors (Lipinski definition) is 2. The maximum atomic E-state index is 12.2. The Morgan fingerprint density at radius 1 is 1.19 bits per heavy atom. The van der Waals surface area contributed by atoms with Gasteiger partial charge in [-0.05, 0) is 26.3 Å². The number of nitrogens with one attached hydrogen (secondary N) is 1. The Bertz CT molecular complexity index is 597. The maximum absolute atomic E-state index is 12.2. The number of aliphatic hydroxyl groups is 1. The number of hydrogen-bond acceptors (Lipinski definition) is 11. The molecular weight excluding hydrogens is 416 g/mol. The summed E-state index contributed by atoms with van der Waals surface area (Å²) in [6.07, 6.45) is -3.03. The van der Waals surface area contributed by atoms with Crippen LogP contribution >= 0.6 is 0 Å². The molecule has 0 aromatic carbocycles. The highest BCUT2D eigenvalue weighted by Crippen LogP contribution is 2.33. The lowest BCUT2D eigenvalue weighted by molar-refractivity contribution is -0.327. The molecule has 180 valence electrons. The second-order valence-corrected chi connectivity index (χ2v) is 7.89. The quantitative estimate of drug-likeness (QED) is 0.131. The molecule has 0 aromatic rings. The highest BCUT2D eigenvalue weighted by molar-refractivity contribution is 5.72. The Balaban J connectivity index is 3.22. The largest absolute Gasteiger partial charge is 0.459 e. The average molecular weight is 450 g/mol. The van der Waals surface area contributed by atoms with Gasteiger partial charge in [-0.1, -0.05) is 5.11 Å². The molecular formula is C18H34N4O9. The average Bonchev–Trinajstić information content (AvgIpc) is 2.68. The van der Waals surface area contributed by atoms with Crippen molar-refractivity contribution >= 4 is 5.97 Å². The molecule has 0 radical (unpaired) electrons. The van der Waals surface area contributed by atoms with Gasteiger partial charge in [-0.3, -0.25) is 10.1 Å². The van der Waals surface area contributed by atoms with Crippen molar-refractivity contribution in [1.29, 1.82) is 0 Å². The van der Waals surface area contributed by atoms with Gasteiger partial charge in [0.05, 0.1) is 31.8 Å². The number of azide groups is 1. The molecule has 1 heterocycles. The third-order valence-electron chi connectivity index (χ3n) is 4.25. The molecule has 0 aromatic heterocycles. The van der Waals surface area contributed by atoms with Crippen LogP contribution in [0.2, 0.25) is 0 Å². The van der Waals surface area contributed by atoms with Crippen LogP contribution in [0.5, 0.6) is 0 Å². The number of carbonyl (C=O) groups excluding carboxylic acids is 1. The van der Waals surface area contributed by atoms with E-state index >= 15 is 0 Å².